The van der Waals surface area contributed by atoms with Crippen molar-refractivity contribution >= 4 is 49.6 Å². The van der Waals surface area contributed by atoms with Crippen molar-refractivity contribution in [2.24, 2.45) is 4.99 Å². The van der Waals surface area contributed by atoms with E-state index in [1.165, 1.54) is 6.92 Å². The molecule has 1 aliphatic heterocycles. The van der Waals surface area contributed by atoms with E-state index in [0.29, 0.717) is 24.3 Å². The maximum Gasteiger partial charge on any atom is 0.416 e. The Kier molecular flexibility index (Phi) is 9.30. The number of carbonyl (C=O) groups is 2. The molecule has 1 amide bonds. The van der Waals surface area contributed by atoms with Gasteiger partial charge in [-0.1, -0.05) is 37.9 Å². The van der Waals surface area contributed by atoms with Gasteiger partial charge >= 0.3 is 24.4 Å². The fourth-order valence-electron chi connectivity index (χ4n) is 4.67. The van der Waals surface area contributed by atoms with Gasteiger partial charge in [-0.3, -0.25) is 9.89 Å². The fraction of sp³-hybridized carbons (Fsp3) is 0.480. The lowest BCUT2D eigenvalue weighted by molar-refractivity contribution is -0.155. The Labute approximate surface area is 237 Å². The molecule has 1 aromatic carbocycles. The van der Waals surface area contributed by atoms with E-state index in [4.69, 9.17) is 9.47 Å². The standard InChI is InChI=1S/C25H24Br2F6N2O4/c1-4-39-21(36)23(11-13(2)34-19-9-15(20(26)27)5-6-18(19)23)35(22(37)38-3)12-14-7-16(24(28,29)30)10-17(8-14)25(31,32)33/h6-10,13,20H,4-5,11-12H2,1-3H3. The lowest BCUT2D eigenvalue weighted by Crippen LogP contribution is -2.62. The Morgan fingerprint density at radius 2 is 1.72 bits per heavy atom. The zero-order valence-electron chi connectivity index (χ0n) is 20.9. The first kappa shape index (κ1) is 31.2. The Bertz CT molecular complexity index is 1190. The number of rotatable bonds is 6. The molecular weight excluding hydrogens is 666 g/mol. The number of hydrogen-bond acceptors (Lipinski definition) is 5. The van der Waals surface area contributed by atoms with Crippen molar-refractivity contribution in [2.45, 2.75) is 60.9 Å². The van der Waals surface area contributed by atoms with E-state index in [9.17, 15) is 35.9 Å². The number of ether oxygens (including phenoxy) is 2. The van der Waals surface area contributed by atoms with Crippen molar-refractivity contribution in [1.29, 1.82) is 0 Å². The van der Waals surface area contributed by atoms with Gasteiger partial charge in [0, 0.05) is 12.0 Å². The first-order valence-electron chi connectivity index (χ1n) is 11.6. The molecule has 0 saturated carbocycles. The summed E-state index contributed by atoms with van der Waals surface area (Å²) in [7, 11) is 0.996. The molecule has 1 heterocycles. The molecule has 0 spiro atoms. The average Bonchev–Trinajstić information content (AvgIpc) is 2.84. The molecule has 1 aliphatic carbocycles. The third-order valence-electron chi connectivity index (χ3n) is 6.27. The number of benzene rings is 1. The first-order valence-corrected chi connectivity index (χ1v) is 13.5. The minimum atomic E-state index is -5.10. The predicted molar refractivity (Wildman–Crippen MR) is 138 cm³/mol. The van der Waals surface area contributed by atoms with Crippen LogP contribution in [-0.2, 0) is 33.2 Å². The minimum Gasteiger partial charge on any atom is -0.464 e. The molecule has 214 valence electrons. The molecule has 2 atom stereocenters. The monoisotopic (exact) mass is 688 g/mol. The van der Waals surface area contributed by atoms with Crippen LogP contribution in [0.25, 0.3) is 0 Å². The van der Waals surface area contributed by atoms with Crippen LogP contribution in [0.15, 0.2) is 46.5 Å². The van der Waals surface area contributed by atoms with E-state index in [-0.39, 0.29) is 28.4 Å². The highest BCUT2D eigenvalue weighted by Gasteiger charge is 2.55. The molecule has 14 heteroatoms. The van der Waals surface area contributed by atoms with Gasteiger partial charge in [-0.2, -0.15) is 26.3 Å². The van der Waals surface area contributed by atoms with Crippen LogP contribution in [0.4, 0.5) is 31.1 Å². The normalized spacial score (nSPS) is 21.4. The summed E-state index contributed by atoms with van der Waals surface area (Å²) in [5.41, 5.74) is -4.13. The van der Waals surface area contributed by atoms with E-state index >= 15 is 0 Å². The van der Waals surface area contributed by atoms with Crippen molar-refractivity contribution in [3.05, 3.63) is 58.2 Å². The maximum absolute atomic E-state index is 13.7. The molecule has 2 aliphatic rings. The van der Waals surface area contributed by atoms with Crippen molar-refractivity contribution in [1.82, 2.24) is 4.90 Å². The molecule has 2 unspecified atom stereocenters. The largest absolute Gasteiger partial charge is 0.464 e. The molecule has 0 saturated heterocycles. The predicted octanol–water partition coefficient (Wildman–Crippen LogP) is 7.20. The van der Waals surface area contributed by atoms with E-state index in [1.54, 1.807) is 19.1 Å². The third kappa shape index (κ3) is 6.53. The minimum absolute atomic E-state index is 0.00645. The van der Waals surface area contributed by atoms with Crippen molar-refractivity contribution in [3.63, 3.8) is 0 Å². The van der Waals surface area contributed by atoms with Crippen LogP contribution in [0, 0.1) is 0 Å². The van der Waals surface area contributed by atoms with Gasteiger partial charge in [-0.25, -0.2) is 9.59 Å². The quantitative estimate of drug-likeness (QED) is 0.180. The van der Waals surface area contributed by atoms with Crippen molar-refractivity contribution in [2.75, 3.05) is 13.7 Å². The lowest BCUT2D eigenvalue weighted by Gasteiger charge is -2.46. The fourth-order valence-corrected chi connectivity index (χ4v) is 5.30. The smallest absolute Gasteiger partial charge is 0.416 e. The highest BCUT2D eigenvalue weighted by molar-refractivity contribution is 9.24. The summed E-state index contributed by atoms with van der Waals surface area (Å²) in [5, 5.41) is 0. The SMILES string of the molecule is CCOC(=O)C1(N(Cc2cc(C(F)(F)F)cc(C(F)(F)F)c2)C(=O)OC)CC(C)N=C2C=C(C(Br)Br)CC=C21. The molecule has 39 heavy (non-hydrogen) atoms. The molecule has 0 bridgehead atoms. The van der Waals surface area contributed by atoms with E-state index in [1.807, 2.05) is 0 Å². The summed E-state index contributed by atoms with van der Waals surface area (Å²) in [6.45, 7) is 2.29. The number of halogens is 8. The van der Waals surface area contributed by atoms with Crippen LogP contribution in [0.2, 0.25) is 0 Å². The zero-order valence-corrected chi connectivity index (χ0v) is 24.1. The third-order valence-corrected chi connectivity index (χ3v) is 7.45. The second kappa shape index (κ2) is 11.6. The molecule has 1 aromatic rings. The van der Waals surface area contributed by atoms with Gasteiger partial charge in [-0.05, 0) is 55.7 Å². The second-order valence-electron chi connectivity index (χ2n) is 8.96. The summed E-state index contributed by atoms with van der Waals surface area (Å²) >= 11 is 6.81. The molecule has 6 nitrogen and oxygen atoms in total. The number of methoxy groups -OCH3 is 1. The number of carbonyl (C=O) groups excluding carboxylic acids is 2. The van der Waals surface area contributed by atoms with Crippen LogP contribution in [0.3, 0.4) is 0 Å². The molecule has 0 N–H and O–H groups in total. The Morgan fingerprint density at radius 3 is 2.21 bits per heavy atom. The summed E-state index contributed by atoms with van der Waals surface area (Å²) < 4.78 is 91.3. The average molecular weight is 690 g/mol. The number of alkyl halides is 8. The molecule has 0 fully saturated rings. The van der Waals surface area contributed by atoms with Gasteiger partial charge in [-0.15, -0.1) is 0 Å². The summed E-state index contributed by atoms with van der Waals surface area (Å²) in [6.07, 6.45) is -7.82. The number of hydrogen-bond donors (Lipinski definition) is 0. The number of nitrogens with zero attached hydrogens (tertiary/aromatic N) is 2. The number of amides is 1. The van der Waals surface area contributed by atoms with Crippen LogP contribution >= 0.6 is 31.9 Å². The number of allylic oxidation sites excluding steroid dienone is 3. The topological polar surface area (TPSA) is 68.2 Å². The summed E-state index contributed by atoms with van der Waals surface area (Å²) in [4.78, 5) is 32.3. The maximum atomic E-state index is 13.7. The summed E-state index contributed by atoms with van der Waals surface area (Å²) in [5.74, 6) is -0.907. The number of aliphatic imine (C=N–C) groups is 1. The Balaban J connectivity index is 2.25. The number of esters is 1. The second-order valence-corrected chi connectivity index (χ2v) is 12.0. The van der Waals surface area contributed by atoms with Gasteiger partial charge in [0.25, 0.3) is 0 Å². The number of fused-ring (bicyclic) bond motifs is 1. The Hall–Kier alpha value is -2.35. The van der Waals surface area contributed by atoms with Crippen molar-refractivity contribution in [3.8, 4) is 0 Å². The molecular formula is C25H24Br2F6N2O4. The van der Waals surface area contributed by atoms with Crippen LogP contribution in [-0.4, -0.2) is 51.7 Å². The first-order chi connectivity index (χ1) is 18.0. The van der Waals surface area contributed by atoms with Gasteiger partial charge in [0.15, 0.2) is 5.54 Å². The van der Waals surface area contributed by atoms with E-state index in [0.717, 1.165) is 17.6 Å². The van der Waals surface area contributed by atoms with Gasteiger partial charge in [0.05, 0.1) is 46.9 Å². The lowest BCUT2D eigenvalue weighted by atomic mass is 9.74. The van der Waals surface area contributed by atoms with E-state index < -0.39 is 59.2 Å². The van der Waals surface area contributed by atoms with E-state index in [2.05, 4.69) is 36.9 Å². The molecule has 3 rings (SSSR count). The Morgan fingerprint density at radius 1 is 1.13 bits per heavy atom. The van der Waals surface area contributed by atoms with Gasteiger partial charge in [0.1, 0.15) is 0 Å². The molecule has 0 aromatic heterocycles. The van der Waals surface area contributed by atoms with Crippen LogP contribution in [0.1, 0.15) is 43.4 Å². The van der Waals surface area contributed by atoms with Crippen LogP contribution < -0.4 is 0 Å². The van der Waals surface area contributed by atoms with Gasteiger partial charge in [0.2, 0.25) is 0 Å². The zero-order chi connectivity index (χ0) is 29.3. The van der Waals surface area contributed by atoms with Crippen molar-refractivity contribution < 1.29 is 45.4 Å². The summed E-state index contributed by atoms with van der Waals surface area (Å²) in [6, 6.07) is 0.436. The molecule has 0 radical (unpaired) electrons. The highest BCUT2D eigenvalue weighted by atomic mass is 79.9. The highest BCUT2D eigenvalue weighted by Crippen LogP contribution is 2.43. The van der Waals surface area contributed by atoms with Crippen LogP contribution in [0.5, 0.6) is 0 Å². The van der Waals surface area contributed by atoms with Gasteiger partial charge < -0.3 is 9.47 Å².